The summed E-state index contributed by atoms with van der Waals surface area (Å²) in [5, 5.41) is 12.2. The highest BCUT2D eigenvalue weighted by molar-refractivity contribution is 5.85. The molecular weight excluding hydrogens is 278 g/mol. The molecule has 0 saturated carbocycles. The van der Waals surface area contributed by atoms with Crippen LogP contribution < -0.4 is 5.32 Å². The molecule has 0 aromatic heterocycles. The molecule has 0 heterocycles. The summed E-state index contributed by atoms with van der Waals surface area (Å²) in [4.78, 5) is 23.7. The fourth-order valence-electron chi connectivity index (χ4n) is 2.81. The van der Waals surface area contributed by atoms with Crippen molar-refractivity contribution in [2.24, 2.45) is 11.8 Å². The SMILES string of the molecule is Cc1ccc(C(C)NC(=O)C2CC=CCC2C(=O)O)cc1C. The average molecular weight is 301 g/mol. The Labute approximate surface area is 131 Å². The first-order valence-corrected chi connectivity index (χ1v) is 7.65. The van der Waals surface area contributed by atoms with Crippen molar-refractivity contribution >= 4 is 11.9 Å². The van der Waals surface area contributed by atoms with E-state index in [1.54, 1.807) is 0 Å². The molecular formula is C18H23NO3. The molecule has 0 fully saturated rings. The Morgan fingerprint density at radius 2 is 1.77 bits per heavy atom. The predicted octanol–water partition coefficient (Wildman–Crippen LogP) is 3.15. The maximum absolute atomic E-state index is 12.4. The molecule has 0 spiro atoms. The van der Waals surface area contributed by atoms with Crippen LogP contribution in [0.15, 0.2) is 30.4 Å². The number of amides is 1. The summed E-state index contributed by atoms with van der Waals surface area (Å²) >= 11 is 0. The second-order valence-corrected chi connectivity index (χ2v) is 6.07. The molecule has 2 rings (SSSR count). The quantitative estimate of drug-likeness (QED) is 0.840. The molecule has 0 aliphatic heterocycles. The van der Waals surface area contributed by atoms with E-state index in [1.807, 2.05) is 45.1 Å². The number of aliphatic carboxylic acids is 1. The number of hydrogen-bond donors (Lipinski definition) is 2. The standard InChI is InChI=1S/C18H23NO3/c1-11-8-9-14(10-12(11)2)13(3)19-17(20)15-6-4-5-7-16(15)18(21)22/h4-5,8-10,13,15-16H,6-7H2,1-3H3,(H,19,20)(H,21,22). The molecule has 22 heavy (non-hydrogen) atoms. The van der Waals surface area contributed by atoms with E-state index in [4.69, 9.17) is 0 Å². The number of carbonyl (C=O) groups excluding carboxylic acids is 1. The molecule has 1 aliphatic rings. The minimum absolute atomic E-state index is 0.132. The zero-order valence-corrected chi connectivity index (χ0v) is 13.3. The van der Waals surface area contributed by atoms with E-state index < -0.39 is 17.8 Å². The zero-order chi connectivity index (χ0) is 16.3. The van der Waals surface area contributed by atoms with Crippen molar-refractivity contribution in [3.8, 4) is 0 Å². The van der Waals surface area contributed by atoms with Gasteiger partial charge >= 0.3 is 5.97 Å². The van der Waals surface area contributed by atoms with Crippen LogP contribution in [0.5, 0.6) is 0 Å². The molecule has 1 aromatic carbocycles. The smallest absolute Gasteiger partial charge is 0.307 e. The number of carboxylic acid groups (broad SMARTS) is 1. The van der Waals surface area contributed by atoms with Gasteiger partial charge in [-0.3, -0.25) is 9.59 Å². The second kappa shape index (κ2) is 6.77. The predicted molar refractivity (Wildman–Crippen MR) is 85.5 cm³/mol. The lowest BCUT2D eigenvalue weighted by Crippen LogP contribution is -2.39. The lowest BCUT2D eigenvalue weighted by molar-refractivity contribution is -0.147. The Kier molecular flexibility index (Phi) is 5.01. The average Bonchev–Trinajstić information content (AvgIpc) is 2.49. The number of allylic oxidation sites excluding steroid dienone is 2. The van der Waals surface area contributed by atoms with Gasteiger partial charge in [0.15, 0.2) is 0 Å². The molecule has 4 heteroatoms. The van der Waals surface area contributed by atoms with Crippen LogP contribution in [0.2, 0.25) is 0 Å². The van der Waals surface area contributed by atoms with Crippen molar-refractivity contribution in [3.63, 3.8) is 0 Å². The van der Waals surface area contributed by atoms with Crippen molar-refractivity contribution in [2.45, 2.75) is 39.7 Å². The Morgan fingerprint density at radius 1 is 1.14 bits per heavy atom. The van der Waals surface area contributed by atoms with Crippen LogP contribution in [0.3, 0.4) is 0 Å². The number of hydrogen-bond acceptors (Lipinski definition) is 2. The molecule has 0 radical (unpaired) electrons. The number of carboxylic acids is 1. The first-order chi connectivity index (χ1) is 10.4. The van der Waals surface area contributed by atoms with Gasteiger partial charge in [0.25, 0.3) is 0 Å². The highest BCUT2D eigenvalue weighted by Crippen LogP contribution is 2.27. The van der Waals surface area contributed by atoms with Crippen LogP contribution in [0.4, 0.5) is 0 Å². The molecule has 1 amide bonds. The first-order valence-electron chi connectivity index (χ1n) is 7.65. The Bertz CT molecular complexity index is 606. The van der Waals surface area contributed by atoms with Crippen molar-refractivity contribution in [1.29, 1.82) is 0 Å². The van der Waals surface area contributed by atoms with E-state index in [0.717, 1.165) is 5.56 Å². The summed E-state index contributed by atoms with van der Waals surface area (Å²) in [5.41, 5.74) is 3.43. The first kappa shape index (κ1) is 16.3. The minimum atomic E-state index is -0.900. The third-order valence-electron chi connectivity index (χ3n) is 4.48. The zero-order valence-electron chi connectivity index (χ0n) is 13.3. The van der Waals surface area contributed by atoms with Gasteiger partial charge in [-0.25, -0.2) is 0 Å². The summed E-state index contributed by atoms with van der Waals surface area (Å²) in [6.07, 6.45) is 4.65. The topological polar surface area (TPSA) is 66.4 Å². The van der Waals surface area contributed by atoms with Gasteiger partial charge in [-0.15, -0.1) is 0 Å². The minimum Gasteiger partial charge on any atom is -0.481 e. The van der Waals surface area contributed by atoms with Crippen molar-refractivity contribution in [3.05, 3.63) is 47.0 Å². The van der Waals surface area contributed by atoms with Crippen LogP contribution >= 0.6 is 0 Å². The lowest BCUT2D eigenvalue weighted by atomic mass is 9.82. The van der Waals surface area contributed by atoms with Crippen LogP contribution in [0, 0.1) is 25.7 Å². The van der Waals surface area contributed by atoms with Crippen LogP contribution in [0.25, 0.3) is 0 Å². The third-order valence-corrected chi connectivity index (χ3v) is 4.48. The number of nitrogens with one attached hydrogen (secondary N) is 1. The van der Waals surface area contributed by atoms with Crippen LogP contribution in [-0.4, -0.2) is 17.0 Å². The highest BCUT2D eigenvalue weighted by Gasteiger charge is 2.34. The van der Waals surface area contributed by atoms with E-state index in [2.05, 4.69) is 11.4 Å². The lowest BCUT2D eigenvalue weighted by Gasteiger charge is -2.26. The molecule has 1 aromatic rings. The monoisotopic (exact) mass is 301 g/mol. The molecule has 0 saturated heterocycles. The number of benzene rings is 1. The van der Waals surface area contributed by atoms with Gasteiger partial charge in [0.1, 0.15) is 0 Å². The fraction of sp³-hybridized carbons (Fsp3) is 0.444. The largest absolute Gasteiger partial charge is 0.481 e. The van der Waals surface area contributed by atoms with E-state index in [9.17, 15) is 14.7 Å². The molecule has 4 nitrogen and oxygen atoms in total. The molecule has 2 N–H and O–H groups in total. The van der Waals surface area contributed by atoms with Gasteiger partial charge in [-0.05, 0) is 50.3 Å². The Balaban J connectivity index is 2.08. The number of rotatable bonds is 4. The Morgan fingerprint density at radius 3 is 2.36 bits per heavy atom. The summed E-state index contributed by atoms with van der Waals surface area (Å²) in [5.74, 6) is -2.20. The normalized spacial score (nSPS) is 22.1. The van der Waals surface area contributed by atoms with E-state index >= 15 is 0 Å². The van der Waals surface area contributed by atoms with Gasteiger partial charge in [0.05, 0.1) is 17.9 Å². The van der Waals surface area contributed by atoms with Crippen LogP contribution in [-0.2, 0) is 9.59 Å². The van der Waals surface area contributed by atoms with Gasteiger partial charge in [-0.1, -0.05) is 30.4 Å². The summed E-state index contributed by atoms with van der Waals surface area (Å²) in [7, 11) is 0. The van der Waals surface area contributed by atoms with E-state index in [1.165, 1.54) is 11.1 Å². The second-order valence-electron chi connectivity index (χ2n) is 6.07. The third kappa shape index (κ3) is 3.56. The van der Waals surface area contributed by atoms with Crippen molar-refractivity contribution in [1.82, 2.24) is 5.32 Å². The van der Waals surface area contributed by atoms with Gasteiger partial charge in [-0.2, -0.15) is 0 Å². The molecule has 3 unspecified atom stereocenters. The Hall–Kier alpha value is -2.10. The van der Waals surface area contributed by atoms with Crippen LogP contribution in [0.1, 0.15) is 42.5 Å². The van der Waals surface area contributed by atoms with Crippen molar-refractivity contribution in [2.75, 3.05) is 0 Å². The van der Waals surface area contributed by atoms with Crippen molar-refractivity contribution < 1.29 is 14.7 Å². The van der Waals surface area contributed by atoms with Gasteiger partial charge in [0, 0.05) is 0 Å². The highest BCUT2D eigenvalue weighted by atomic mass is 16.4. The van der Waals surface area contributed by atoms with Gasteiger partial charge < -0.3 is 10.4 Å². The maximum atomic E-state index is 12.4. The maximum Gasteiger partial charge on any atom is 0.307 e. The fourth-order valence-corrected chi connectivity index (χ4v) is 2.81. The number of aryl methyl sites for hydroxylation is 2. The summed E-state index contributed by atoms with van der Waals surface area (Å²) in [6, 6.07) is 5.97. The summed E-state index contributed by atoms with van der Waals surface area (Å²) < 4.78 is 0. The number of carbonyl (C=O) groups is 2. The van der Waals surface area contributed by atoms with E-state index in [-0.39, 0.29) is 11.9 Å². The molecule has 1 aliphatic carbocycles. The van der Waals surface area contributed by atoms with E-state index in [0.29, 0.717) is 12.8 Å². The molecule has 118 valence electrons. The molecule has 3 atom stereocenters. The molecule has 0 bridgehead atoms. The van der Waals surface area contributed by atoms with Gasteiger partial charge in [0.2, 0.25) is 5.91 Å². The summed E-state index contributed by atoms with van der Waals surface area (Å²) in [6.45, 7) is 6.02.